The van der Waals surface area contributed by atoms with E-state index in [1.54, 1.807) is 6.08 Å². The van der Waals surface area contributed by atoms with Gasteiger partial charge >= 0.3 is 12.0 Å². The quantitative estimate of drug-likeness (QED) is 0.511. The van der Waals surface area contributed by atoms with Crippen LogP contribution in [-0.4, -0.2) is 29.2 Å². The minimum atomic E-state index is -1.09. The molecular weight excluding hydrogens is 244 g/mol. The lowest BCUT2D eigenvalue weighted by atomic mass is 9.77. The number of nitrogens with one attached hydrogen (secondary N) is 2. The van der Waals surface area contributed by atoms with Crippen LogP contribution in [0.5, 0.6) is 0 Å². The highest BCUT2D eigenvalue weighted by Crippen LogP contribution is 2.32. The highest BCUT2D eigenvalue weighted by atomic mass is 16.4. The zero-order chi connectivity index (χ0) is 14.3. The van der Waals surface area contributed by atoms with Crippen molar-refractivity contribution in [2.45, 2.75) is 51.0 Å². The van der Waals surface area contributed by atoms with Gasteiger partial charge in [0.15, 0.2) is 0 Å². The number of amides is 2. The average molecular weight is 268 g/mol. The number of urea groups is 1. The molecule has 1 saturated carbocycles. The topological polar surface area (TPSA) is 78.4 Å². The number of hydrogen-bond acceptors (Lipinski definition) is 2. The maximum absolute atomic E-state index is 11.8. The molecule has 0 aromatic rings. The predicted octanol–water partition coefficient (Wildman–Crippen LogP) is 2.29. The molecule has 108 valence electrons. The first-order valence-electron chi connectivity index (χ1n) is 6.90. The molecule has 19 heavy (non-hydrogen) atoms. The lowest BCUT2D eigenvalue weighted by molar-refractivity contribution is -0.146. The monoisotopic (exact) mass is 268 g/mol. The maximum atomic E-state index is 11.8. The van der Waals surface area contributed by atoms with E-state index < -0.39 is 11.5 Å². The first-order chi connectivity index (χ1) is 9.00. The van der Waals surface area contributed by atoms with Gasteiger partial charge in [0.1, 0.15) is 5.54 Å². The van der Waals surface area contributed by atoms with Crippen molar-refractivity contribution in [3.05, 3.63) is 12.7 Å². The zero-order valence-electron chi connectivity index (χ0n) is 11.6. The Balaban J connectivity index is 2.47. The smallest absolute Gasteiger partial charge is 0.329 e. The number of rotatable bonds is 6. The summed E-state index contributed by atoms with van der Waals surface area (Å²) in [4.78, 5) is 23.2. The Morgan fingerprint density at radius 2 is 2.05 bits per heavy atom. The van der Waals surface area contributed by atoms with Crippen molar-refractivity contribution < 1.29 is 14.7 Å². The number of carbonyl (C=O) groups is 2. The van der Waals surface area contributed by atoms with Crippen LogP contribution in [0.15, 0.2) is 12.7 Å². The van der Waals surface area contributed by atoms with E-state index in [2.05, 4.69) is 24.1 Å². The van der Waals surface area contributed by atoms with Gasteiger partial charge in [0.2, 0.25) is 0 Å². The third-order valence-corrected chi connectivity index (χ3v) is 3.76. The second-order valence-corrected chi connectivity index (χ2v) is 5.38. The van der Waals surface area contributed by atoms with Crippen molar-refractivity contribution in [3.63, 3.8) is 0 Å². The first-order valence-corrected chi connectivity index (χ1v) is 6.90. The SMILES string of the molecule is C=CCCCNC(=O)NC1(C(=O)O)CCC(C)CC1. The average Bonchev–Trinajstić information content (AvgIpc) is 2.37. The molecular formula is C14H24N2O3. The van der Waals surface area contributed by atoms with Gasteiger partial charge in [0.05, 0.1) is 0 Å². The van der Waals surface area contributed by atoms with E-state index in [0.717, 1.165) is 25.7 Å². The van der Waals surface area contributed by atoms with E-state index in [9.17, 15) is 14.7 Å². The summed E-state index contributed by atoms with van der Waals surface area (Å²) >= 11 is 0. The fraction of sp³-hybridized carbons (Fsp3) is 0.714. The molecule has 0 heterocycles. The van der Waals surface area contributed by atoms with E-state index in [4.69, 9.17) is 0 Å². The predicted molar refractivity (Wildman–Crippen MR) is 74.0 cm³/mol. The molecule has 0 bridgehead atoms. The summed E-state index contributed by atoms with van der Waals surface area (Å²) in [7, 11) is 0. The largest absolute Gasteiger partial charge is 0.480 e. The van der Waals surface area contributed by atoms with E-state index in [-0.39, 0.29) is 6.03 Å². The van der Waals surface area contributed by atoms with Gasteiger partial charge in [-0.05, 0) is 44.4 Å². The summed E-state index contributed by atoms with van der Waals surface area (Å²) in [5.41, 5.74) is -1.09. The Labute approximate surface area is 114 Å². The van der Waals surface area contributed by atoms with Crippen molar-refractivity contribution in [2.24, 2.45) is 5.92 Å². The molecule has 3 N–H and O–H groups in total. The molecule has 0 radical (unpaired) electrons. The van der Waals surface area contributed by atoms with Crippen LogP contribution in [-0.2, 0) is 4.79 Å². The second-order valence-electron chi connectivity index (χ2n) is 5.38. The highest BCUT2D eigenvalue weighted by molar-refractivity contribution is 5.86. The van der Waals surface area contributed by atoms with Gasteiger partial charge < -0.3 is 15.7 Å². The minimum Gasteiger partial charge on any atom is -0.480 e. The van der Waals surface area contributed by atoms with Crippen LogP contribution in [0.4, 0.5) is 4.79 Å². The van der Waals surface area contributed by atoms with E-state index in [1.165, 1.54) is 0 Å². The van der Waals surface area contributed by atoms with Crippen molar-refractivity contribution in [1.29, 1.82) is 0 Å². The summed E-state index contributed by atoms with van der Waals surface area (Å²) in [6, 6.07) is -0.388. The molecule has 1 aliphatic rings. The molecule has 5 heteroatoms. The molecule has 0 saturated heterocycles. The number of hydrogen-bond donors (Lipinski definition) is 3. The Morgan fingerprint density at radius 1 is 1.42 bits per heavy atom. The number of unbranched alkanes of at least 4 members (excludes halogenated alkanes) is 1. The fourth-order valence-electron chi connectivity index (χ4n) is 2.36. The molecule has 0 atom stereocenters. The molecule has 1 fully saturated rings. The third-order valence-electron chi connectivity index (χ3n) is 3.76. The Kier molecular flexibility index (Phi) is 5.86. The lowest BCUT2D eigenvalue weighted by Crippen LogP contribution is -2.58. The lowest BCUT2D eigenvalue weighted by Gasteiger charge is -2.36. The van der Waals surface area contributed by atoms with Gasteiger partial charge in [-0.15, -0.1) is 6.58 Å². The number of carboxylic acid groups (broad SMARTS) is 1. The van der Waals surface area contributed by atoms with Crippen LogP contribution < -0.4 is 10.6 Å². The van der Waals surface area contributed by atoms with Gasteiger partial charge in [-0.2, -0.15) is 0 Å². The van der Waals surface area contributed by atoms with Gasteiger partial charge in [-0.3, -0.25) is 0 Å². The van der Waals surface area contributed by atoms with Gasteiger partial charge in [-0.25, -0.2) is 9.59 Å². The van der Waals surface area contributed by atoms with Crippen molar-refractivity contribution >= 4 is 12.0 Å². The molecule has 0 unspecified atom stereocenters. The van der Waals surface area contributed by atoms with E-state index >= 15 is 0 Å². The van der Waals surface area contributed by atoms with Crippen LogP contribution in [0.2, 0.25) is 0 Å². The van der Waals surface area contributed by atoms with Crippen LogP contribution in [0.1, 0.15) is 45.4 Å². The third kappa shape index (κ3) is 4.58. The number of allylic oxidation sites excluding steroid dienone is 1. The van der Waals surface area contributed by atoms with Crippen molar-refractivity contribution in [2.75, 3.05) is 6.54 Å². The molecule has 2 amide bonds. The van der Waals surface area contributed by atoms with Gasteiger partial charge in [0.25, 0.3) is 0 Å². The molecule has 0 spiro atoms. The van der Waals surface area contributed by atoms with Crippen LogP contribution in [0, 0.1) is 5.92 Å². The van der Waals surface area contributed by atoms with Crippen molar-refractivity contribution in [3.8, 4) is 0 Å². The summed E-state index contributed by atoms with van der Waals surface area (Å²) in [5, 5.41) is 14.7. The van der Waals surface area contributed by atoms with Crippen molar-refractivity contribution in [1.82, 2.24) is 10.6 Å². The van der Waals surface area contributed by atoms with Crippen LogP contribution in [0.25, 0.3) is 0 Å². The van der Waals surface area contributed by atoms with Crippen LogP contribution >= 0.6 is 0 Å². The molecule has 0 aromatic heterocycles. The Morgan fingerprint density at radius 3 is 2.58 bits per heavy atom. The summed E-state index contributed by atoms with van der Waals surface area (Å²) in [5.74, 6) is -0.398. The van der Waals surface area contributed by atoms with Gasteiger partial charge in [0, 0.05) is 6.54 Å². The Bertz CT molecular complexity index is 334. The molecule has 1 rings (SSSR count). The normalized spacial score (nSPS) is 26.5. The molecule has 0 aromatic carbocycles. The minimum absolute atomic E-state index is 0.388. The number of carboxylic acids is 1. The molecule has 5 nitrogen and oxygen atoms in total. The maximum Gasteiger partial charge on any atom is 0.329 e. The fourth-order valence-corrected chi connectivity index (χ4v) is 2.36. The summed E-state index contributed by atoms with van der Waals surface area (Å²) in [6.07, 6.45) is 6.12. The summed E-state index contributed by atoms with van der Waals surface area (Å²) < 4.78 is 0. The Hall–Kier alpha value is -1.52. The number of carbonyl (C=O) groups excluding carboxylic acids is 1. The second kappa shape index (κ2) is 7.16. The van der Waals surface area contributed by atoms with E-state index in [1.807, 2.05) is 0 Å². The van der Waals surface area contributed by atoms with Gasteiger partial charge in [-0.1, -0.05) is 13.0 Å². The zero-order valence-corrected chi connectivity index (χ0v) is 11.6. The molecule has 0 aliphatic heterocycles. The van der Waals surface area contributed by atoms with E-state index in [0.29, 0.717) is 25.3 Å². The summed E-state index contributed by atoms with van der Waals surface area (Å²) in [6.45, 7) is 6.25. The molecule has 1 aliphatic carbocycles. The number of aliphatic carboxylic acids is 1. The highest BCUT2D eigenvalue weighted by Gasteiger charge is 2.42. The van der Waals surface area contributed by atoms with Crippen LogP contribution in [0.3, 0.4) is 0 Å². The standard InChI is InChI=1S/C14H24N2O3/c1-3-4-5-10-15-13(19)16-14(12(17)18)8-6-11(2)7-9-14/h3,11H,1,4-10H2,2H3,(H,17,18)(H2,15,16,19). The first kappa shape index (κ1) is 15.5.